The Morgan fingerprint density at radius 3 is 2.55 bits per heavy atom. The van der Waals surface area contributed by atoms with Gasteiger partial charge in [0.15, 0.2) is 6.61 Å². The second-order valence-electron chi connectivity index (χ2n) is 7.48. The zero-order valence-electron chi connectivity index (χ0n) is 17.6. The van der Waals surface area contributed by atoms with Crippen LogP contribution in [-0.2, 0) is 11.2 Å². The number of fused-ring (bicyclic) bond motifs is 1. The molecular weight excluding hydrogens is 424 g/mol. The van der Waals surface area contributed by atoms with Gasteiger partial charge >= 0.3 is 6.09 Å². The molecule has 0 spiro atoms. The van der Waals surface area contributed by atoms with Gasteiger partial charge in [0.05, 0.1) is 23.6 Å². The highest BCUT2D eigenvalue weighted by Crippen LogP contribution is 2.32. The largest absolute Gasteiger partial charge is 0.482 e. The second kappa shape index (κ2) is 9.82. The summed E-state index contributed by atoms with van der Waals surface area (Å²) in [5, 5.41) is 16.9. The number of carbonyl (C=O) groups excluding carboxylic acids is 2. The van der Waals surface area contributed by atoms with Crippen molar-refractivity contribution in [1.29, 1.82) is 0 Å². The first-order valence-electron chi connectivity index (χ1n) is 10.3. The normalized spacial score (nSPS) is 14.1. The van der Waals surface area contributed by atoms with Gasteiger partial charge in [-0.1, -0.05) is 18.2 Å². The minimum atomic E-state index is -1.21. The number of hydrogen-bond donors (Lipinski definition) is 4. The molecule has 1 aromatic heterocycles. The maximum Gasteiger partial charge on any atom is 0.409 e. The molecule has 4 N–H and O–H groups in total. The molecule has 0 radical (unpaired) electrons. The molecule has 9 heteroatoms. The van der Waals surface area contributed by atoms with Crippen molar-refractivity contribution in [3.05, 3.63) is 83.7 Å². The van der Waals surface area contributed by atoms with Gasteiger partial charge in [-0.05, 0) is 60.4 Å². The lowest BCUT2D eigenvalue weighted by atomic mass is 10.0. The summed E-state index contributed by atoms with van der Waals surface area (Å²) < 4.78 is 5.44. The lowest BCUT2D eigenvalue weighted by molar-refractivity contribution is -0.123. The average molecular weight is 446 g/mol. The fourth-order valence-electron chi connectivity index (χ4n) is 3.74. The van der Waals surface area contributed by atoms with E-state index in [-0.39, 0.29) is 30.2 Å². The van der Waals surface area contributed by atoms with E-state index in [2.05, 4.69) is 20.9 Å². The number of aryl methyl sites for hydroxylation is 1. The summed E-state index contributed by atoms with van der Waals surface area (Å²) in [4.78, 5) is 40.0. The van der Waals surface area contributed by atoms with Crippen LogP contribution in [0, 0.1) is 0 Å². The molecule has 0 saturated carbocycles. The zero-order valence-corrected chi connectivity index (χ0v) is 17.6. The van der Waals surface area contributed by atoms with E-state index < -0.39 is 6.09 Å². The number of aromatic nitrogens is 1. The van der Waals surface area contributed by atoms with Crippen LogP contribution < -0.4 is 20.7 Å². The molecule has 0 saturated heterocycles. The Morgan fingerprint density at radius 2 is 1.82 bits per heavy atom. The molecule has 0 fully saturated rings. The molecule has 33 heavy (non-hydrogen) atoms. The van der Waals surface area contributed by atoms with Gasteiger partial charge in [-0.3, -0.25) is 19.9 Å². The molecule has 168 valence electrons. The van der Waals surface area contributed by atoms with Gasteiger partial charge in [0.25, 0.3) is 11.8 Å². The fourth-order valence-corrected chi connectivity index (χ4v) is 3.74. The fraction of sp³-hybridized carbons (Fsp3) is 0.167. The van der Waals surface area contributed by atoms with Crippen molar-refractivity contribution in [2.75, 3.05) is 17.2 Å². The van der Waals surface area contributed by atoms with E-state index in [0.717, 1.165) is 24.0 Å². The number of benzene rings is 2. The number of rotatable bonds is 7. The maximum absolute atomic E-state index is 12.8. The Balaban J connectivity index is 1.39. The number of nitrogens with one attached hydrogen (secondary N) is 3. The van der Waals surface area contributed by atoms with Crippen LogP contribution in [0.1, 0.15) is 33.9 Å². The molecule has 1 atom stereocenters. The van der Waals surface area contributed by atoms with Crippen molar-refractivity contribution in [3.63, 3.8) is 0 Å². The number of para-hydroxylation sites is 2. The van der Waals surface area contributed by atoms with Crippen LogP contribution in [0.2, 0.25) is 0 Å². The monoisotopic (exact) mass is 446 g/mol. The molecule has 1 aliphatic carbocycles. The first-order chi connectivity index (χ1) is 16.0. The van der Waals surface area contributed by atoms with Gasteiger partial charge in [-0.25, -0.2) is 4.79 Å². The van der Waals surface area contributed by atoms with E-state index in [1.54, 1.807) is 60.9 Å². The van der Waals surface area contributed by atoms with Crippen LogP contribution in [0.5, 0.6) is 5.75 Å². The van der Waals surface area contributed by atoms with Gasteiger partial charge in [0.2, 0.25) is 0 Å². The Hall–Kier alpha value is -4.40. The Bertz CT molecular complexity index is 1180. The number of hydrogen-bond acceptors (Lipinski definition) is 5. The topological polar surface area (TPSA) is 130 Å². The van der Waals surface area contributed by atoms with E-state index >= 15 is 0 Å². The molecule has 1 aliphatic rings. The van der Waals surface area contributed by atoms with Crippen molar-refractivity contribution in [2.24, 2.45) is 0 Å². The number of carbonyl (C=O) groups is 3. The quantitative estimate of drug-likeness (QED) is 0.439. The van der Waals surface area contributed by atoms with Crippen LogP contribution in [0.15, 0.2) is 67.0 Å². The van der Waals surface area contributed by atoms with E-state index in [9.17, 15) is 14.4 Å². The SMILES string of the molecule is O=C(O)Nc1ccccc1NC(=O)c1ccc2c(c1)CCC2NC(=O)COc1cccnc1. The van der Waals surface area contributed by atoms with Crippen molar-refractivity contribution in [2.45, 2.75) is 18.9 Å². The zero-order chi connectivity index (χ0) is 23.2. The van der Waals surface area contributed by atoms with Gasteiger partial charge in [-0.2, -0.15) is 0 Å². The third-order valence-corrected chi connectivity index (χ3v) is 5.24. The molecular formula is C24H22N4O5. The van der Waals surface area contributed by atoms with E-state index in [1.165, 1.54) is 0 Å². The van der Waals surface area contributed by atoms with Gasteiger partial charge in [0.1, 0.15) is 5.75 Å². The molecule has 1 heterocycles. The number of carboxylic acid groups (broad SMARTS) is 1. The Kier molecular flexibility index (Phi) is 6.49. The molecule has 1 unspecified atom stereocenters. The predicted molar refractivity (Wildman–Crippen MR) is 121 cm³/mol. The summed E-state index contributed by atoms with van der Waals surface area (Å²) >= 11 is 0. The van der Waals surface area contributed by atoms with Crippen molar-refractivity contribution < 1.29 is 24.2 Å². The summed E-state index contributed by atoms with van der Waals surface area (Å²) in [6.45, 7) is -0.109. The highest BCUT2D eigenvalue weighted by atomic mass is 16.5. The summed E-state index contributed by atoms with van der Waals surface area (Å²) in [6, 6.07) is 15.2. The highest BCUT2D eigenvalue weighted by Gasteiger charge is 2.25. The number of amides is 3. The lowest BCUT2D eigenvalue weighted by Gasteiger charge is -2.15. The molecule has 0 bridgehead atoms. The Morgan fingerprint density at radius 1 is 1.03 bits per heavy atom. The Labute approximate surface area is 189 Å². The number of pyridine rings is 1. The first kappa shape index (κ1) is 21.8. The third kappa shape index (κ3) is 5.45. The highest BCUT2D eigenvalue weighted by molar-refractivity contribution is 6.07. The molecule has 4 rings (SSSR count). The average Bonchev–Trinajstić information content (AvgIpc) is 3.21. The maximum atomic E-state index is 12.8. The van der Waals surface area contributed by atoms with E-state index in [4.69, 9.17) is 9.84 Å². The second-order valence-corrected chi connectivity index (χ2v) is 7.48. The molecule has 0 aliphatic heterocycles. The number of nitrogens with zero attached hydrogens (tertiary/aromatic N) is 1. The van der Waals surface area contributed by atoms with E-state index in [0.29, 0.717) is 17.0 Å². The minimum Gasteiger partial charge on any atom is -0.482 e. The third-order valence-electron chi connectivity index (χ3n) is 5.24. The van der Waals surface area contributed by atoms with Crippen molar-refractivity contribution in [3.8, 4) is 5.75 Å². The predicted octanol–water partition coefficient (Wildman–Crippen LogP) is 3.61. The smallest absolute Gasteiger partial charge is 0.409 e. The molecule has 3 aromatic rings. The summed E-state index contributed by atoms with van der Waals surface area (Å²) in [7, 11) is 0. The van der Waals surface area contributed by atoms with Gasteiger partial charge < -0.3 is 20.5 Å². The van der Waals surface area contributed by atoms with Gasteiger partial charge in [0, 0.05) is 11.8 Å². The minimum absolute atomic E-state index is 0.109. The van der Waals surface area contributed by atoms with Crippen LogP contribution in [0.4, 0.5) is 16.2 Å². The number of ether oxygens (including phenoxy) is 1. The van der Waals surface area contributed by atoms with Crippen LogP contribution in [-0.4, -0.2) is 34.6 Å². The lowest BCUT2D eigenvalue weighted by Crippen LogP contribution is -2.31. The van der Waals surface area contributed by atoms with Gasteiger partial charge in [-0.15, -0.1) is 0 Å². The number of anilines is 2. The van der Waals surface area contributed by atoms with Crippen molar-refractivity contribution >= 4 is 29.3 Å². The summed E-state index contributed by atoms with van der Waals surface area (Å²) in [5.74, 6) is -0.0638. The van der Waals surface area contributed by atoms with E-state index in [1.807, 2.05) is 6.07 Å². The molecule has 3 amide bonds. The summed E-state index contributed by atoms with van der Waals surface area (Å²) in [5.41, 5.74) is 3.05. The van der Waals surface area contributed by atoms with Crippen LogP contribution in [0.25, 0.3) is 0 Å². The summed E-state index contributed by atoms with van der Waals surface area (Å²) in [6.07, 6.45) is 3.41. The van der Waals surface area contributed by atoms with Crippen LogP contribution in [0.3, 0.4) is 0 Å². The first-order valence-corrected chi connectivity index (χ1v) is 10.3. The molecule has 9 nitrogen and oxygen atoms in total. The van der Waals surface area contributed by atoms with Crippen LogP contribution >= 0.6 is 0 Å². The molecule has 2 aromatic carbocycles. The standard InChI is InChI=1S/C24H22N4O5/c29-22(14-33-17-4-3-11-25-13-17)26-19-10-8-15-12-16(7-9-18(15)19)23(30)27-20-5-1-2-6-21(20)28-24(31)32/h1-7,9,11-13,19,28H,8,10,14H2,(H,26,29)(H,27,30)(H,31,32). The van der Waals surface area contributed by atoms with Crippen molar-refractivity contribution in [1.82, 2.24) is 10.3 Å².